The first-order valence-corrected chi connectivity index (χ1v) is 6.42. The number of rotatable bonds is 2. The van der Waals surface area contributed by atoms with E-state index in [1.807, 2.05) is 0 Å². The molecule has 1 saturated carbocycles. The van der Waals surface area contributed by atoms with E-state index in [-0.39, 0.29) is 6.07 Å². The van der Waals surface area contributed by atoms with Crippen LogP contribution in [0.5, 0.6) is 0 Å². The van der Waals surface area contributed by atoms with Crippen molar-refractivity contribution in [2.75, 3.05) is 0 Å². The first kappa shape index (κ1) is 17.2. The van der Waals surface area contributed by atoms with Crippen molar-refractivity contribution in [3.05, 3.63) is 34.9 Å². The third kappa shape index (κ3) is 2.99. The second-order valence-electron chi connectivity index (χ2n) is 4.81. The van der Waals surface area contributed by atoms with Crippen LogP contribution in [-0.4, -0.2) is 15.4 Å². The molecular formula is C12H6Cl2F6O2. The van der Waals surface area contributed by atoms with Crippen LogP contribution in [0.15, 0.2) is 18.2 Å². The minimum absolute atomic E-state index is 0.0498. The van der Waals surface area contributed by atoms with Gasteiger partial charge in [-0.05, 0) is 23.8 Å². The van der Waals surface area contributed by atoms with Crippen LogP contribution in [0, 0.1) is 5.92 Å². The van der Waals surface area contributed by atoms with Crippen molar-refractivity contribution >= 4 is 29.2 Å². The summed E-state index contributed by atoms with van der Waals surface area (Å²) in [5.41, 5.74) is -3.60. The molecule has 0 amide bonds. The first-order chi connectivity index (χ1) is 9.76. The standard InChI is InChI=1S/C12H6Cl2F6O2/c13-10(14)7(8(10)9(21)22)4-1-5(11(15,16)17)3-6(2-4)12(18,19)20/h1-3,7-8H,(H,21,22)/t7-,8+/m0/s1. The number of alkyl halides is 8. The molecule has 0 radical (unpaired) electrons. The van der Waals surface area contributed by atoms with Gasteiger partial charge in [0.05, 0.1) is 17.0 Å². The molecular weight excluding hydrogens is 361 g/mol. The lowest BCUT2D eigenvalue weighted by molar-refractivity contribution is -0.143. The maximum atomic E-state index is 12.7. The van der Waals surface area contributed by atoms with Gasteiger partial charge in [-0.1, -0.05) is 23.2 Å². The molecule has 1 N–H and O–H groups in total. The molecule has 0 spiro atoms. The van der Waals surface area contributed by atoms with Crippen molar-refractivity contribution in [1.29, 1.82) is 0 Å². The van der Waals surface area contributed by atoms with E-state index in [1.54, 1.807) is 0 Å². The quantitative estimate of drug-likeness (QED) is 0.608. The van der Waals surface area contributed by atoms with E-state index >= 15 is 0 Å². The number of carbonyl (C=O) groups is 1. The van der Waals surface area contributed by atoms with Crippen molar-refractivity contribution in [2.45, 2.75) is 22.6 Å². The fraction of sp³-hybridized carbons (Fsp3) is 0.417. The lowest BCUT2D eigenvalue weighted by Gasteiger charge is -2.14. The average molecular weight is 367 g/mol. The third-order valence-corrected chi connectivity index (χ3v) is 4.23. The molecule has 1 aromatic carbocycles. The van der Waals surface area contributed by atoms with Crippen LogP contribution < -0.4 is 0 Å². The van der Waals surface area contributed by atoms with Gasteiger partial charge >= 0.3 is 18.3 Å². The summed E-state index contributed by atoms with van der Waals surface area (Å²) in [6.45, 7) is 0. The molecule has 1 aromatic rings. The van der Waals surface area contributed by atoms with Gasteiger partial charge in [-0.2, -0.15) is 26.3 Å². The van der Waals surface area contributed by atoms with Crippen LogP contribution in [0.25, 0.3) is 0 Å². The number of carboxylic acids is 1. The number of hydrogen-bond acceptors (Lipinski definition) is 1. The molecule has 0 aliphatic heterocycles. The molecule has 2 nitrogen and oxygen atoms in total. The number of hydrogen-bond donors (Lipinski definition) is 1. The molecule has 2 atom stereocenters. The van der Waals surface area contributed by atoms with Crippen molar-refractivity contribution < 1.29 is 36.2 Å². The topological polar surface area (TPSA) is 37.3 Å². The largest absolute Gasteiger partial charge is 0.481 e. The normalized spacial score (nSPS) is 24.2. The van der Waals surface area contributed by atoms with Gasteiger partial charge < -0.3 is 5.11 Å². The van der Waals surface area contributed by atoms with Crippen LogP contribution in [0.1, 0.15) is 22.6 Å². The first-order valence-electron chi connectivity index (χ1n) is 5.66. The smallest absolute Gasteiger partial charge is 0.416 e. The van der Waals surface area contributed by atoms with E-state index in [9.17, 15) is 31.1 Å². The minimum atomic E-state index is -5.02. The molecule has 22 heavy (non-hydrogen) atoms. The molecule has 0 aromatic heterocycles. The fourth-order valence-electron chi connectivity index (χ4n) is 2.21. The zero-order valence-electron chi connectivity index (χ0n) is 10.3. The highest BCUT2D eigenvalue weighted by molar-refractivity contribution is 6.53. The highest BCUT2D eigenvalue weighted by Gasteiger charge is 2.68. The summed E-state index contributed by atoms with van der Waals surface area (Å²) in [6, 6.07) is 0.816. The van der Waals surface area contributed by atoms with Gasteiger partial charge in [0.1, 0.15) is 4.33 Å². The molecule has 122 valence electrons. The summed E-state index contributed by atoms with van der Waals surface area (Å²) in [5, 5.41) is 8.87. The summed E-state index contributed by atoms with van der Waals surface area (Å²) in [5.74, 6) is -4.32. The van der Waals surface area contributed by atoms with Crippen LogP contribution in [0.4, 0.5) is 26.3 Å². The molecule has 2 rings (SSSR count). The molecule has 10 heteroatoms. The molecule has 0 saturated heterocycles. The highest BCUT2D eigenvalue weighted by Crippen LogP contribution is 2.65. The van der Waals surface area contributed by atoms with Crippen molar-refractivity contribution in [3.8, 4) is 0 Å². The van der Waals surface area contributed by atoms with Gasteiger partial charge in [-0.25, -0.2) is 0 Å². The second-order valence-corrected chi connectivity index (χ2v) is 6.25. The molecule has 1 fully saturated rings. The Hall–Kier alpha value is -1.15. The number of halogens is 8. The Morgan fingerprint density at radius 2 is 1.41 bits per heavy atom. The Balaban J connectivity index is 2.56. The average Bonchev–Trinajstić information content (AvgIpc) is 2.89. The summed E-state index contributed by atoms with van der Waals surface area (Å²) in [7, 11) is 0. The Morgan fingerprint density at radius 3 is 1.68 bits per heavy atom. The number of aliphatic carboxylic acids is 1. The van der Waals surface area contributed by atoms with Crippen LogP contribution >= 0.6 is 23.2 Å². The lowest BCUT2D eigenvalue weighted by atomic mass is 10.0. The van der Waals surface area contributed by atoms with Crippen molar-refractivity contribution in [3.63, 3.8) is 0 Å². The summed E-state index contributed by atoms with van der Waals surface area (Å²) in [4.78, 5) is 10.9. The molecule has 0 bridgehead atoms. The van der Waals surface area contributed by atoms with E-state index in [0.717, 1.165) is 0 Å². The van der Waals surface area contributed by atoms with Gasteiger partial charge in [0, 0.05) is 5.92 Å². The molecule has 0 unspecified atom stereocenters. The fourth-order valence-corrected chi connectivity index (χ4v) is 3.02. The number of carboxylic acid groups (broad SMARTS) is 1. The third-order valence-electron chi connectivity index (χ3n) is 3.29. The van der Waals surface area contributed by atoms with E-state index in [1.165, 1.54) is 0 Å². The SMILES string of the molecule is O=C(O)[C@H]1[C@H](c2cc(C(F)(F)F)cc(C(F)(F)F)c2)C1(Cl)Cl. The van der Waals surface area contributed by atoms with Gasteiger partial charge in [0.2, 0.25) is 0 Å². The predicted molar refractivity (Wildman–Crippen MR) is 64.7 cm³/mol. The Bertz CT molecular complexity index is 591. The minimum Gasteiger partial charge on any atom is -0.481 e. The van der Waals surface area contributed by atoms with Gasteiger partial charge in [0.15, 0.2) is 0 Å². The van der Waals surface area contributed by atoms with Gasteiger partial charge in [-0.3, -0.25) is 4.79 Å². The maximum Gasteiger partial charge on any atom is 0.416 e. The second kappa shape index (κ2) is 4.92. The van der Waals surface area contributed by atoms with Gasteiger partial charge in [0.25, 0.3) is 0 Å². The van der Waals surface area contributed by atoms with Crippen LogP contribution in [0.2, 0.25) is 0 Å². The van der Waals surface area contributed by atoms with Crippen LogP contribution in [0.3, 0.4) is 0 Å². The predicted octanol–water partition coefficient (Wildman–Crippen LogP) is 4.70. The highest BCUT2D eigenvalue weighted by atomic mass is 35.5. The Morgan fingerprint density at radius 1 is 1.00 bits per heavy atom. The zero-order chi connectivity index (χ0) is 17.1. The van der Waals surface area contributed by atoms with Crippen molar-refractivity contribution in [2.24, 2.45) is 5.92 Å². The Kier molecular flexibility index (Phi) is 3.85. The molecule has 1 aliphatic carbocycles. The van der Waals surface area contributed by atoms with E-state index < -0.39 is 51.2 Å². The lowest BCUT2D eigenvalue weighted by Crippen LogP contribution is -2.12. The van der Waals surface area contributed by atoms with Crippen LogP contribution in [-0.2, 0) is 17.1 Å². The van der Waals surface area contributed by atoms with E-state index in [2.05, 4.69) is 0 Å². The van der Waals surface area contributed by atoms with E-state index in [4.69, 9.17) is 28.3 Å². The molecule has 0 heterocycles. The summed E-state index contributed by atoms with van der Waals surface area (Å²) in [6.07, 6.45) is -10.0. The monoisotopic (exact) mass is 366 g/mol. The van der Waals surface area contributed by atoms with E-state index in [0.29, 0.717) is 12.1 Å². The zero-order valence-corrected chi connectivity index (χ0v) is 11.8. The maximum absolute atomic E-state index is 12.7. The Labute approximate surface area is 129 Å². The molecule has 1 aliphatic rings. The summed E-state index contributed by atoms with van der Waals surface area (Å²) >= 11 is 11.3. The van der Waals surface area contributed by atoms with Crippen molar-refractivity contribution in [1.82, 2.24) is 0 Å². The summed E-state index contributed by atoms with van der Waals surface area (Å²) < 4.78 is 74.4. The van der Waals surface area contributed by atoms with Gasteiger partial charge in [-0.15, -0.1) is 0 Å². The number of benzene rings is 1.